The Labute approximate surface area is 107 Å². The van der Waals surface area contributed by atoms with E-state index in [2.05, 4.69) is 4.98 Å². The third kappa shape index (κ3) is 1.82. The molecule has 0 spiro atoms. The van der Waals surface area contributed by atoms with E-state index in [0.717, 1.165) is 32.1 Å². The van der Waals surface area contributed by atoms with E-state index in [1.165, 1.54) is 12.0 Å². The highest BCUT2D eigenvalue weighted by Gasteiger charge is 2.55. The number of carboxylic acid groups (broad SMARTS) is 1. The summed E-state index contributed by atoms with van der Waals surface area (Å²) in [4.78, 5) is 15.7. The molecule has 3 unspecified atom stereocenters. The molecule has 1 N–H and O–H groups in total. The van der Waals surface area contributed by atoms with Gasteiger partial charge in [0, 0.05) is 12.4 Å². The molecule has 2 saturated carbocycles. The van der Waals surface area contributed by atoms with Gasteiger partial charge in [-0.25, -0.2) is 0 Å². The summed E-state index contributed by atoms with van der Waals surface area (Å²) in [6, 6.07) is 3.98. The van der Waals surface area contributed by atoms with Crippen LogP contribution in [0.4, 0.5) is 0 Å². The molecule has 2 aliphatic rings. The van der Waals surface area contributed by atoms with Gasteiger partial charge >= 0.3 is 5.97 Å². The number of carbonyl (C=O) groups is 1. The molecule has 3 heteroatoms. The quantitative estimate of drug-likeness (QED) is 0.887. The highest BCUT2D eigenvalue weighted by molar-refractivity contribution is 5.76. The minimum absolute atomic E-state index is 0.418. The molecule has 0 radical (unpaired) electrons. The number of aromatic nitrogens is 1. The second kappa shape index (κ2) is 4.38. The average Bonchev–Trinajstić information content (AvgIpc) is 2.98. The van der Waals surface area contributed by atoms with Crippen LogP contribution in [0, 0.1) is 17.3 Å². The lowest BCUT2D eigenvalue weighted by atomic mass is 9.70. The second-order valence-electron chi connectivity index (χ2n) is 5.90. The molecular formula is C15H19NO2. The normalized spacial score (nSPS) is 33.8. The first-order valence-corrected chi connectivity index (χ1v) is 6.83. The van der Waals surface area contributed by atoms with Gasteiger partial charge in [0.2, 0.25) is 0 Å². The molecule has 0 aliphatic heterocycles. The van der Waals surface area contributed by atoms with E-state index < -0.39 is 11.4 Å². The number of fused-ring (bicyclic) bond motifs is 2. The van der Waals surface area contributed by atoms with Crippen molar-refractivity contribution in [3.8, 4) is 0 Å². The van der Waals surface area contributed by atoms with Gasteiger partial charge in [0.25, 0.3) is 0 Å². The number of pyridine rings is 1. The summed E-state index contributed by atoms with van der Waals surface area (Å²) in [6.45, 7) is 0. The van der Waals surface area contributed by atoms with Crippen molar-refractivity contribution in [3.63, 3.8) is 0 Å². The van der Waals surface area contributed by atoms with Crippen LogP contribution in [0.5, 0.6) is 0 Å². The number of rotatable bonds is 4. The third-order valence-electron chi connectivity index (χ3n) is 5.01. The molecule has 2 bridgehead atoms. The zero-order valence-electron chi connectivity index (χ0n) is 10.5. The molecule has 96 valence electrons. The SMILES string of the molecule is O=C(O)C1(CCc2ccncc2)CC2CCC1C2. The van der Waals surface area contributed by atoms with Gasteiger partial charge in [-0.3, -0.25) is 9.78 Å². The number of aliphatic carboxylic acids is 1. The summed E-state index contributed by atoms with van der Waals surface area (Å²) < 4.78 is 0. The Morgan fingerprint density at radius 3 is 2.72 bits per heavy atom. The Kier molecular flexibility index (Phi) is 2.84. The van der Waals surface area contributed by atoms with Crippen LogP contribution in [0.2, 0.25) is 0 Å². The van der Waals surface area contributed by atoms with Crippen molar-refractivity contribution in [2.45, 2.75) is 38.5 Å². The van der Waals surface area contributed by atoms with Crippen molar-refractivity contribution >= 4 is 5.97 Å². The smallest absolute Gasteiger partial charge is 0.309 e. The van der Waals surface area contributed by atoms with Crippen LogP contribution < -0.4 is 0 Å². The zero-order valence-corrected chi connectivity index (χ0v) is 10.5. The molecular weight excluding hydrogens is 226 g/mol. The van der Waals surface area contributed by atoms with Gasteiger partial charge in [-0.2, -0.15) is 0 Å². The summed E-state index contributed by atoms with van der Waals surface area (Å²) in [6.07, 6.45) is 9.61. The fourth-order valence-electron chi connectivity index (χ4n) is 4.04. The topological polar surface area (TPSA) is 50.2 Å². The third-order valence-corrected chi connectivity index (χ3v) is 5.01. The lowest BCUT2D eigenvalue weighted by Crippen LogP contribution is -2.37. The predicted octanol–water partition coefficient (Wildman–Crippen LogP) is 2.91. The van der Waals surface area contributed by atoms with Crippen molar-refractivity contribution in [1.29, 1.82) is 0 Å². The van der Waals surface area contributed by atoms with Crippen LogP contribution in [0.15, 0.2) is 24.5 Å². The van der Waals surface area contributed by atoms with E-state index in [4.69, 9.17) is 0 Å². The minimum Gasteiger partial charge on any atom is -0.481 e. The lowest BCUT2D eigenvalue weighted by Gasteiger charge is -2.33. The molecule has 3 nitrogen and oxygen atoms in total. The van der Waals surface area contributed by atoms with Crippen LogP contribution in [0.25, 0.3) is 0 Å². The van der Waals surface area contributed by atoms with Crippen molar-refractivity contribution in [3.05, 3.63) is 30.1 Å². The van der Waals surface area contributed by atoms with Gasteiger partial charge in [0.15, 0.2) is 0 Å². The standard InChI is InChI=1S/C15H19NO2/c17-14(18)15(10-12-1-2-13(15)9-12)6-3-11-4-7-16-8-5-11/h4-5,7-8,12-13H,1-3,6,9-10H2,(H,17,18). The molecule has 0 saturated heterocycles. The van der Waals surface area contributed by atoms with Crippen LogP contribution in [0.3, 0.4) is 0 Å². The van der Waals surface area contributed by atoms with E-state index in [0.29, 0.717) is 11.8 Å². The Balaban J connectivity index is 1.74. The van der Waals surface area contributed by atoms with E-state index >= 15 is 0 Å². The minimum atomic E-state index is -0.566. The molecule has 3 rings (SSSR count). The monoisotopic (exact) mass is 245 g/mol. The first-order chi connectivity index (χ1) is 8.71. The molecule has 2 fully saturated rings. The summed E-state index contributed by atoms with van der Waals surface area (Å²) in [5, 5.41) is 9.65. The Morgan fingerprint density at radius 2 is 2.17 bits per heavy atom. The maximum absolute atomic E-state index is 11.7. The predicted molar refractivity (Wildman–Crippen MR) is 68.1 cm³/mol. The molecule has 1 aromatic heterocycles. The summed E-state index contributed by atoms with van der Waals surface area (Å²) in [5.41, 5.74) is 0.764. The largest absolute Gasteiger partial charge is 0.481 e. The van der Waals surface area contributed by atoms with Crippen molar-refractivity contribution < 1.29 is 9.90 Å². The van der Waals surface area contributed by atoms with Crippen LogP contribution >= 0.6 is 0 Å². The van der Waals surface area contributed by atoms with Crippen LogP contribution in [-0.4, -0.2) is 16.1 Å². The average molecular weight is 245 g/mol. The van der Waals surface area contributed by atoms with Gasteiger partial charge in [-0.05, 0) is 61.6 Å². The molecule has 1 heterocycles. The fraction of sp³-hybridized carbons (Fsp3) is 0.600. The maximum atomic E-state index is 11.7. The maximum Gasteiger partial charge on any atom is 0.309 e. The van der Waals surface area contributed by atoms with E-state index in [-0.39, 0.29) is 0 Å². The zero-order chi connectivity index (χ0) is 12.6. The Bertz CT molecular complexity index is 445. The molecule has 3 atom stereocenters. The van der Waals surface area contributed by atoms with Gasteiger partial charge in [-0.1, -0.05) is 6.42 Å². The number of nitrogens with zero attached hydrogens (tertiary/aromatic N) is 1. The van der Waals surface area contributed by atoms with Gasteiger partial charge < -0.3 is 5.11 Å². The van der Waals surface area contributed by atoms with Gasteiger partial charge in [-0.15, -0.1) is 0 Å². The summed E-state index contributed by atoms with van der Waals surface area (Å²) in [7, 11) is 0. The number of aryl methyl sites for hydroxylation is 1. The van der Waals surface area contributed by atoms with Crippen molar-refractivity contribution in [1.82, 2.24) is 4.98 Å². The van der Waals surface area contributed by atoms with Gasteiger partial charge in [0.05, 0.1) is 5.41 Å². The van der Waals surface area contributed by atoms with Crippen molar-refractivity contribution in [2.24, 2.45) is 17.3 Å². The highest BCUT2D eigenvalue weighted by Crippen LogP contribution is 2.58. The van der Waals surface area contributed by atoms with E-state index in [9.17, 15) is 9.90 Å². The van der Waals surface area contributed by atoms with Crippen molar-refractivity contribution in [2.75, 3.05) is 0 Å². The summed E-state index contributed by atoms with van der Waals surface area (Å²) >= 11 is 0. The molecule has 0 aromatic carbocycles. The first kappa shape index (κ1) is 11.7. The molecule has 0 amide bonds. The highest BCUT2D eigenvalue weighted by atomic mass is 16.4. The number of hydrogen-bond donors (Lipinski definition) is 1. The first-order valence-electron chi connectivity index (χ1n) is 6.83. The Hall–Kier alpha value is -1.38. The number of hydrogen-bond acceptors (Lipinski definition) is 2. The molecule has 2 aliphatic carbocycles. The van der Waals surface area contributed by atoms with Crippen LogP contribution in [-0.2, 0) is 11.2 Å². The molecule has 1 aromatic rings. The van der Waals surface area contributed by atoms with Crippen LogP contribution in [0.1, 0.15) is 37.7 Å². The molecule has 18 heavy (non-hydrogen) atoms. The lowest BCUT2D eigenvalue weighted by molar-refractivity contribution is -0.153. The Morgan fingerprint density at radius 1 is 1.39 bits per heavy atom. The van der Waals surface area contributed by atoms with Gasteiger partial charge in [0.1, 0.15) is 0 Å². The van der Waals surface area contributed by atoms with E-state index in [1.807, 2.05) is 12.1 Å². The van der Waals surface area contributed by atoms with E-state index in [1.54, 1.807) is 12.4 Å². The second-order valence-corrected chi connectivity index (χ2v) is 5.90. The summed E-state index contributed by atoms with van der Waals surface area (Å²) in [5.74, 6) is 0.522. The fourth-order valence-corrected chi connectivity index (χ4v) is 4.04. The number of carboxylic acids is 1.